The molecule has 0 aliphatic carbocycles. The quantitative estimate of drug-likeness (QED) is 0.711. The molecular weight excluding hydrogens is 350 g/mol. The Bertz CT molecular complexity index is 762. The fraction of sp³-hybridized carbons (Fsp3) is 0.0833. The Hall–Kier alpha value is -1.54. The number of aromatic nitrogens is 4. The van der Waals surface area contributed by atoms with Crippen LogP contribution < -0.4 is 0 Å². The number of alkyl halides is 2. The Morgan fingerprint density at radius 1 is 1.10 bits per heavy atom. The third-order valence-corrected chi connectivity index (χ3v) is 4.47. The number of hydrogen-bond donors (Lipinski definition) is 0. The third-order valence-electron chi connectivity index (χ3n) is 2.51. The molecule has 102 valence electrons. The van der Waals surface area contributed by atoms with Gasteiger partial charge in [0.25, 0.3) is 6.43 Å². The number of hydrogen-bond acceptors (Lipinski definition) is 4. The van der Waals surface area contributed by atoms with E-state index in [9.17, 15) is 8.78 Å². The average molecular weight is 357 g/mol. The lowest BCUT2D eigenvalue weighted by Crippen LogP contribution is -2.00. The van der Waals surface area contributed by atoms with Crippen molar-refractivity contribution in [1.29, 1.82) is 0 Å². The molecule has 2 aromatic heterocycles. The molecule has 0 spiro atoms. The van der Waals surface area contributed by atoms with E-state index in [1.54, 1.807) is 12.1 Å². The second-order valence-corrected chi connectivity index (χ2v) is 5.75. The minimum atomic E-state index is -2.71. The van der Waals surface area contributed by atoms with Crippen LogP contribution in [0.4, 0.5) is 8.78 Å². The molecule has 0 fully saturated rings. The fourth-order valence-electron chi connectivity index (χ4n) is 1.62. The van der Waals surface area contributed by atoms with Gasteiger partial charge in [-0.05, 0) is 40.2 Å². The fourth-order valence-corrected chi connectivity index (χ4v) is 2.94. The van der Waals surface area contributed by atoms with E-state index in [0.29, 0.717) is 10.7 Å². The highest BCUT2D eigenvalue weighted by Gasteiger charge is 2.17. The zero-order valence-corrected chi connectivity index (χ0v) is 12.3. The number of halogens is 3. The predicted octanol–water partition coefficient (Wildman–Crippen LogP) is 3.98. The lowest BCUT2D eigenvalue weighted by atomic mass is 10.4. The third kappa shape index (κ3) is 2.53. The van der Waals surface area contributed by atoms with Gasteiger partial charge in [0.15, 0.2) is 5.65 Å². The molecule has 0 bridgehead atoms. The second kappa shape index (κ2) is 5.45. The highest BCUT2D eigenvalue weighted by atomic mass is 79.9. The van der Waals surface area contributed by atoms with Gasteiger partial charge in [0, 0.05) is 9.37 Å². The molecule has 1 aromatic carbocycles. The first-order valence-electron chi connectivity index (χ1n) is 5.58. The van der Waals surface area contributed by atoms with E-state index >= 15 is 0 Å². The number of nitrogens with zero attached hydrogens (tertiary/aromatic N) is 4. The van der Waals surface area contributed by atoms with Crippen molar-refractivity contribution >= 4 is 33.3 Å². The number of benzene rings is 1. The van der Waals surface area contributed by atoms with Crippen molar-refractivity contribution in [3.63, 3.8) is 0 Å². The highest BCUT2D eigenvalue weighted by molar-refractivity contribution is 9.10. The molecule has 0 amide bonds. The van der Waals surface area contributed by atoms with Crippen molar-refractivity contribution in [3.05, 3.63) is 46.7 Å². The molecule has 4 nitrogen and oxygen atoms in total. The first-order chi connectivity index (χ1) is 9.65. The molecule has 0 atom stereocenters. The van der Waals surface area contributed by atoms with Crippen LogP contribution in [-0.4, -0.2) is 19.8 Å². The predicted molar refractivity (Wildman–Crippen MR) is 74.0 cm³/mol. The van der Waals surface area contributed by atoms with Gasteiger partial charge in [-0.3, -0.25) is 0 Å². The topological polar surface area (TPSA) is 43.1 Å². The molecule has 0 aliphatic heterocycles. The first-order valence-corrected chi connectivity index (χ1v) is 7.19. The molecule has 0 saturated heterocycles. The van der Waals surface area contributed by atoms with Crippen LogP contribution in [0.3, 0.4) is 0 Å². The lowest BCUT2D eigenvalue weighted by molar-refractivity contribution is 0.137. The maximum absolute atomic E-state index is 12.8. The van der Waals surface area contributed by atoms with Gasteiger partial charge in [0.1, 0.15) is 5.03 Å². The van der Waals surface area contributed by atoms with Crippen LogP contribution in [0.2, 0.25) is 0 Å². The molecule has 8 heteroatoms. The van der Waals surface area contributed by atoms with E-state index in [4.69, 9.17) is 0 Å². The molecule has 3 rings (SSSR count). The molecule has 20 heavy (non-hydrogen) atoms. The zero-order valence-electron chi connectivity index (χ0n) is 9.87. The van der Waals surface area contributed by atoms with Crippen LogP contribution in [-0.2, 0) is 0 Å². The van der Waals surface area contributed by atoms with Gasteiger partial charge >= 0.3 is 0 Å². The van der Waals surface area contributed by atoms with Gasteiger partial charge < -0.3 is 0 Å². The normalized spacial score (nSPS) is 11.4. The smallest absolute Gasteiger partial charge is 0.201 e. The van der Waals surface area contributed by atoms with E-state index in [0.717, 1.165) is 13.9 Å². The zero-order chi connectivity index (χ0) is 14.1. The van der Waals surface area contributed by atoms with Gasteiger partial charge in [-0.2, -0.15) is 9.61 Å². The first kappa shape index (κ1) is 13.4. The van der Waals surface area contributed by atoms with E-state index in [2.05, 4.69) is 31.2 Å². The summed E-state index contributed by atoms with van der Waals surface area (Å²) in [5.41, 5.74) is 0.303. The van der Waals surface area contributed by atoms with Crippen LogP contribution >= 0.6 is 27.7 Å². The van der Waals surface area contributed by atoms with Crippen molar-refractivity contribution in [2.45, 2.75) is 16.3 Å². The summed E-state index contributed by atoms with van der Waals surface area (Å²) in [4.78, 5) is 0.950. The average Bonchev–Trinajstić information content (AvgIpc) is 2.84. The van der Waals surface area contributed by atoms with Gasteiger partial charge in [-0.15, -0.1) is 10.2 Å². The molecule has 3 aromatic rings. The standard InChI is InChI=1S/C12H7BrF2N4S/c13-7-3-1-2-4-8(7)20-10-6-5-9-16-17-12(11(14)15)19(9)18-10/h1-6,11H. The van der Waals surface area contributed by atoms with Crippen LogP contribution in [0.1, 0.15) is 12.2 Å². The van der Waals surface area contributed by atoms with Gasteiger partial charge in [-0.25, -0.2) is 8.78 Å². The van der Waals surface area contributed by atoms with Gasteiger partial charge in [0.2, 0.25) is 5.82 Å². The van der Waals surface area contributed by atoms with Crippen molar-refractivity contribution in [1.82, 2.24) is 19.8 Å². The number of fused-ring (bicyclic) bond motifs is 1. The maximum Gasteiger partial charge on any atom is 0.299 e. The SMILES string of the molecule is FC(F)c1nnc2ccc(Sc3ccccc3Br)nn12. The minimum Gasteiger partial charge on any atom is -0.201 e. The largest absolute Gasteiger partial charge is 0.299 e. The maximum atomic E-state index is 12.8. The minimum absolute atomic E-state index is 0.303. The van der Waals surface area contributed by atoms with Crippen LogP contribution in [0, 0.1) is 0 Å². The number of rotatable bonds is 3. The van der Waals surface area contributed by atoms with Crippen molar-refractivity contribution in [3.8, 4) is 0 Å². The van der Waals surface area contributed by atoms with Crippen molar-refractivity contribution in [2.24, 2.45) is 0 Å². The molecule has 0 aliphatic rings. The van der Waals surface area contributed by atoms with E-state index in [-0.39, 0.29) is 0 Å². The summed E-state index contributed by atoms with van der Waals surface area (Å²) in [6.07, 6.45) is -2.71. The summed E-state index contributed by atoms with van der Waals surface area (Å²) in [5, 5.41) is 11.8. The molecular formula is C12H7BrF2N4S. The Balaban J connectivity index is 2.00. The highest BCUT2D eigenvalue weighted by Crippen LogP contribution is 2.32. The van der Waals surface area contributed by atoms with Crippen LogP contribution in [0.25, 0.3) is 5.65 Å². The van der Waals surface area contributed by atoms with Gasteiger partial charge in [0.05, 0.1) is 0 Å². The molecule has 0 N–H and O–H groups in total. The van der Waals surface area contributed by atoms with E-state index < -0.39 is 12.2 Å². The second-order valence-electron chi connectivity index (χ2n) is 3.83. The molecule has 0 radical (unpaired) electrons. The summed E-state index contributed by atoms with van der Waals surface area (Å²) >= 11 is 4.81. The summed E-state index contributed by atoms with van der Waals surface area (Å²) in [5.74, 6) is -0.449. The van der Waals surface area contributed by atoms with Crippen LogP contribution in [0.5, 0.6) is 0 Å². The monoisotopic (exact) mass is 356 g/mol. The van der Waals surface area contributed by atoms with Crippen molar-refractivity contribution in [2.75, 3.05) is 0 Å². The van der Waals surface area contributed by atoms with Gasteiger partial charge in [-0.1, -0.05) is 23.9 Å². The molecule has 0 unspecified atom stereocenters. The summed E-state index contributed by atoms with van der Waals surface area (Å²) in [6, 6.07) is 11.0. The Morgan fingerprint density at radius 3 is 2.65 bits per heavy atom. The molecule has 2 heterocycles. The van der Waals surface area contributed by atoms with Crippen molar-refractivity contribution < 1.29 is 8.78 Å². The summed E-state index contributed by atoms with van der Waals surface area (Å²) in [7, 11) is 0. The van der Waals surface area contributed by atoms with E-state index in [1.807, 2.05) is 24.3 Å². The summed E-state index contributed by atoms with van der Waals surface area (Å²) < 4.78 is 27.5. The summed E-state index contributed by atoms with van der Waals surface area (Å²) in [6.45, 7) is 0. The Morgan fingerprint density at radius 2 is 1.90 bits per heavy atom. The lowest BCUT2D eigenvalue weighted by Gasteiger charge is -2.04. The Labute approximate surface area is 125 Å². The Kier molecular flexibility index (Phi) is 3.66. The molecule has 0 saturated carbocycles. The van der Waals surface area contributed by atoms with Crippen LogP contribution in [0.15, 0.2) is 50.8 Å². The van der Waals surface area contributed by atoms with E-state index in [1.165, 1.54) is 11.8 Å².